The molecule has 2 aromatic heterocycles. The number of hydrogen-bond donors (Lipinski definition) is 3. The molecule has 1 saturated heterocycles. The van der Waals surface area contributed by atoms with Gasteiger partial charge in [-0.05, 0) is 69.2 Å². The van der Waals surface area contributed by atoms with Gasteiger partial charge in [0.15, 0.2) is 0 Å². The number of H-pyrrole nitrogens is 2. The molecule has 2 fully saturated rings. The molecular formula is C32H39F3N4O. The summed E-state index contributed by atoms with van der Waals surface area (Å²) >= 11 is 0. The second-order valence-corrected chi connectivity index (χ2v) is 13.1. The van der Waals surface area contributed by atoms with Gasteiger partial charge >= 0.3 is 0 Å². The van der Waals surface area contributed by atoms with Crippen LogP contribution in [0.3, 0.4) is 0 Å². The van der Waals surface area contributed by atoms with E-state index in [2.05, 4.69) is 63.1 Å². The van der Waals surface area contributed by atoms with Gasteiger partial charge in [0.25, 0.3) is 6.43 Å². The Bertz CT molecular complexity index is 1460. The number of para-hydroxylation sites is 2. The Morgan fingerprint density at radius 3 is 2.38 bits per heavy atom. The second kappa shape index (κ2) is 9.93. The molecule has 0 radical (unpaired) electrons. The zero-order chi connectivity index (χ0) is 28.3. The first kappa shape index (κ1) is 27.4. The van der Waals surface area contributed by atoms with Gasteiger partial charge < -0.3 is 15.1 Å². The Morgan fingerprint density at radius 2 is 1.70 bits per heavy atom. The maximum absolute atomic E-state index is 13.9. The summed E-state index contributed by atoms with van der Waals surface area (Å²) in [5.41, 5.74) is 3.19. The van der Waals surface area contributed by atoms with Gasteiger partial charge in [-0.3, -0.25) is 9.80 Å². The minimum atomic E-state index is -2.62. The Hall–Kier alpha value is -2.81. The van der Waals surface area contributed by atoms with Crippen LogP contribution in [0.5, 0.6) is 0 Å². The van der Waals surface area contributed by atoms with E-state index in [0.29, 0.717) is 12.6 Å². The van der Waals surface area contributed by atoms with E-state index in [9.17, 15) is 18.3 Å². The predicted molar refractivity (Wildman–Crippen MR) is 153 cm³/mol. The first-order chi connectivity index (χ1) is 18.9. The van der Waals surface area contributed by atoms with E-state index in [1.165, 1.54) is 27.5 Å². The minimum absolute atomic E-state index is 0.0722. The van der Waals surface area contributed by atoms with Gasteiger partial charge in [0.2, 0.25) is 0 Å². The SMILES string of the molecule is CC1Cc2c([nH]c3ccccc23)CN1CC(C)(C)F.OC1(C(F)F)CC2(CN(Cc3cc4ccccc4[nH]3)C2)C1. The van der Waals surface area contributed by atoms with Crippen LogP contribution in [0, 0.1) is 5.41 Å². The fourth-order valence-corrected chi connectivity index (χ4v) is 7.20. The lowest BCUT2D eigenvalue weighted by Crippen LogP contribution is -2.69. The molecule has 2 aliphatic heterocycles. The Morgan fingerprint density at radius 1 is 1.02 bits per heavy atom. The molecule has 214 valence electrons. The van der Waals surface area contributed by atoms with Crippen molar-refractivity contribution in [2.45, 2.75) is 76.9 Å². The summed E-state index contributed by atoms with van der Waals surface area (Å²) in [4.78, 5) is 11.3. The molecule has 0 amide bonds. The third kappa shape index (κ3) is 5.29. The molecular weight excluding hydrogens is 513 g/mol. The van der Waals surface area contributed by atoms with Crippen molar-refractivity contribution in [3.8, 4) is 0 Å². The first-order valence-corrected chi connectivity index (χ1v) is 14.2. The molecule has 3 N–H and O–H groups in total. The normalized spacial score (nSPS) is 22.1. The number of nitrogens with zero attached hydrogens (tertiary/aromatic N) is 2. The highest BCUT2D eigenvalue weighted by Gasteiger charge is 2.62. The summed E-state index contributed by atoms with van der Waals surface area (Å²) in [6.07, 6.45) is -1.15. The second-order valence-electron chi connectivity index (χ2n) is 13.1. The van der Waals surface area contributed by atoms with Gasteiger partial charge in [-0.1, -0.05) is 36.4 Å². The van der Waals surface area contributed by atoms with Crippen LogP contribution in [-0.4, -0.2) is 68.2 Å². The summed E-state index contributed by atoms with van der Waals surface area (Å²) in [6.45, 7) is 9.22. The molecule has 3 aliphatic rings. The third-order valence-corrected chi connectivity index (χ3v) is 8.83. The van der Waals surface area contributed by atoms with E-state index in [1.807, 2.05) is 18.2 Å². The van der Waals surface area contributed by atoms with E-state index in [1.54, 1.807) is 13.8 Å². The molecule has 1 aliphatic carbocycles. The van der Waals surface area contributed by atoms with Crippen molar-refractivity contribution < 1.29 is 18.3 Å². The van der Waals surface area contributed by atoms with Crippen LogP contribution < -0.4 is 0 Å². The largest absolute Gasteiger partial charge is 0.384 e. The van der Waals surface area contributed by atoms with Crippen LogP contribution in [-0.2, 0) is 19.5 Å². The summed E-state index contributed by atoms with van der Waals surface area (Å²) in [5, 5.41) is 12.2. The summed E-state index contributed by atoms with van der Waals surface area (Å²) < 4.78 is 39.2. The number of aromatic nitrogens is 2. The van der Waals surface area contributed by atoms with E-state index < -0.39 is 17.7 Å². The smallest absolute Gasteiger partial charge is 0.266 e. The lowest BCUT2D eigenvalue weighted by atomic mass is 9.55. The molecule has 40 heavy (non-hydrogen) atoms. The Kier molecular flexibility index (Phi) is 6.79. The minimum Gasteiger partial charge on any atom is -0.384 e. The van der Waals surface area contributed by atoms with Crippen molar-refractivity contribution in [2.75, 3.05) is 19.6 Å². The van der Waals surface area contributed by atoms with Crippen LogP contribution >= 0.6 is 0 Å². The highest BCUT2D eigenvalue weighted by atomic mass is 19.3. The van der Waals surface area contributed by atoms with Crippen molar-refractivity contribution in [2.24, 2.45) is 5.41 Å². The standard InChI is InChI=1S/C16H18F2N2O.C16H21FN2/c17-14(18)16(21)7-15(8-16)9-20(10-15)6-12-5-11-3-1-2-4-13(11)19-12;1-11-8-13-12-6-4-5-7-14(12)18-15(13)9-19(11)10-16(2,3)17/h1-5,14,19,21H,6-10H2;4-7,11,18H,8-10H2,1-3H3. The fraction of sp³-hybridized carbons (Fsp3) is 0.500. The van der Waals surface area contributed by atoms with Crippen molar-refractivity contribution >= 4 is 21.8 Å². The van der Waals surface area contributed by atoms with Gasteiger partial charge in [0.05, 0.1) is 0 Å². The monoisotopic (exact) mass is 552 g/mol. The maximum Gasteiger partial charge on any atom is 0.266 e. The van der Waals surface area contributed by atoms with Gasteiger partial charge in [0.1, 0.15) is 11.3 Å². The number of nitrogens with one attached hydrogen (secondary N) is 2. The maximum atomic E-state index is 13.9. The molecule has 1 spiro atoms. The quantitative estimate of drug-likeness (QED) is 0.268. The number of halogens is 3. The molecule has 4 heterocycles. The van der Waals surface area contributed by atoms with E-state index in [-0.39, 0.29) is 18.3 Å². The Balaban J connectivity index is 0.000000145. The number of likely N-dealkylation sites (tertiary alicyclic amines) is 1. The van der Waals surface area contributed by atoms with Crippen molar-refractivity contribution in [3.05, 3.63) is 71.5 Å². The molecule has 2 aromatic carbocycles. The van der Waals surface area contributed by atoms with Crippen molar-refractivity contribution in [1.82, 2.24) is 19.8 Å². The number of aliphatic hydroxyl groups is 1. The molecule has 1 unspecified atom stereocenters. The van der Waals surface area contributed by atoms with E-state index >= 15 is 0 Å². The molecule has 4 aromatic rings. The van der Waals surface area contributed by atoms with E-state index in [0.717, 1.165) is 43.8 Å². The van der Waals surface area contributed by atoms with Crippen molar-refractivity contribution in [1.29, 1.82) is 0 Å². The predicted octanol–water partition coefficient (Wildman–Crippen LogP) is 6.42. The van der Waals surface area contributed by atoms with Crippen LogP contribution in [0.4, 0.5) is 13.2 Å². The van der Waals surface area contributed by atoms with E-state index in [4.69, 9.17) is 0 Å². The number of aromatic amines is 2. The lowest BCUT2D eigenvalue weighted by molar-refractivity contribution is -0.241. The molecule has 0 bridgehead atoms. The molecule has 1 atom stereocenters. The zero-order valence-corrected chi connectivity index (χ0v) is 23.5. The summed E-state index contributed by atoms with van der Waals surface area (Å²) in [6, 6.07) is 19.1. The number of alkyl halides is 3. The van der Waals surface area contributed by atoms with Crippen LogP contribution in [0.25, 0.3) is 21.8 Å². The average molecular weight is 553 g/mol. The first-order valence-electron chi connectivity index (χ1n) is 14.2. The van der Waals surface area contributed by atoms with Gasteiger partial charge in [-0.15, -0.1) is 0 Å². The zero-order valence-electron chi connectivity index (χ0n) is 23.5. The lowest BCUT2D eigenvalue weighted by Gasteiger charge is -2.62. The number of fused-ring (bicyclic) bond motifs is 4. The average Bonchev–Trinajstić information content (AvgIpc) is 3.42. The van der Waals surface area contributed by atoms with Crippen LogP contribution in [0.1, 0.15) is 50.6 Å². The molecule has 7 rings (SSSR count). The molecule has 1 saturated carbocycles. The molecule has 5 nitrogen and oxygen atoms in total. The van der Waals surface area contributed by atoms with Crippen LogP contribution in [0.15, 0.2) is 54.6 Å². The highest BCUT2D eigenvalue weighted by Crippen LogP contribution is 2.56. The van der Waals surface area contributed by atoms with Crippen LogP contribution in [0.2, 0.25) is 0 Å². The van der Waals surface area contributed by atoms with Gasteiger partial charge in [-0.25, -0.2) is 13.2 Å². The Labute approximate surface area is 233 Å². The highest BCUT2D eigenvalue weighted by molar-refractivity contribution is 5.85. The number of benzene rings is 2. The topological polar surface area (TPSA) is 58.3 Å². The fourth-order valence-electron chi connectivity index (χ4n) is 7.20. The number of hydrogen-bond acceptors (Lipinski definition) is 3. The number of rotatable bonds is 5. The van der Waals surface area contributed by atoms with Crippen molar-refractivity contribution in [3.63, 3.8) is 0 Å². The summed E-state index contributed by atoms with van der Waals surface area (Å²) in [5.74, 6) is 0. The third-order valence-electron chi connectivity index (χ3n) is 8.83. The van der Waals surface area contributed by atoms with Gasteiger partial charge in [0, 0.05) is 72.0 Å². The summed E-state index contributed by atoms with van der Waals surface area (Å²) in [7, 11) is 0. The molecule has 8 heteroatoms. The van der Waals surface area contributed by atoms with Gasteiger partial charge in [-0.2, -0.15) is 0 Å².